The van der Waals surface area contributed by atoms with E-state index in [0.29, 0.717) is 22.6 Å². The lowest BCUT2D eigenvalue weighted by Gasteiger charge is -2.26. The number of fused-ring (bicyclic) bond motifs is 12. The van der Waals surface area contributed by atoms with Gasteiger partial charge >= 0.3 is 0 Å². The van der Waals surface area contributed by atoms with Crippen molar-refractivity contribution in [3.8, 4) is 28.8 Å². The third-order valence-electron chi connectivity index (χ3n) is 17.5. The van der Waals surface area contributed by atoms with Crippen LogP contribution in [0, 0.1) is 17.9 Å². The van der Waals surface area contributed by atoms with Crippen molar-refractivity contribution in [1.82, 2.24) is 18.3 Å². The lowest BCUT2D eigenvalue weighted by Crippen LogP contribution is -2.10. The summed E-state index contributed by atoms with van der Waals surface area (Å²) in [6.45, 7) is 9.31. The Hall–Kier alpha value is -12.4. The van der Waals surface area contributed by atoms with E-state index in [1.54, 1.807) is 0 Å². The molecule has 4 aromatic heterocycles. The fourth-order valence-electron chi connectivity index (χ4n) is 13.8. The van der Waals surface area contributed by atoms with E-state index in [4.69, 9.17) is 0 Å². The molecule has 0 atom stereocenters. The Balaban J connectivity index is 0.968. The smallest absolute Gasteiger partial charge is 0.212 e. The maximum Gasteiger partial charge on any atom is 0.212 e. The van der Waals surface area contributed by atoms with Crippen LogP contribution in [0.5, 0.6) is 0 Å². The minimum absolute atomic E-state index is 0.399. The topological polar surface area (TPSA) is 54.4 Å². The van der Waals surface area contributed by atoms with E-state index in [-0.39, 0.29) is 0 Å². The van der Waals surface area contributed by atoms with Crippen LogP contribution in [-0.4, -0.2) is 18.3 Å². The SMILES string of the molecule is [C-]#[N+]c1cc(-n2c3cc(N(c4ccccc4)c4ccccc4)ccc3c3cc4c(cc32)c2ccccc2n4-c2ccccc2)c(C#N)cc1-n1c2cc(N(c3ccccc3)c3ccccc3)ccc2c2cc3c(cc21)c1ccccc1n3-c1ccccc1. The van der Waals surface area contributed by atoms with Gasteiger partial charge in [-0.2, -0.15) is 5.26 Å². The largest absolute Gasteiger partial charge is 0.319 e. The maximum atomic E-state index is 11.9. The van der Waals surface area contributed by atoms with E-state index in [1.165, 1.54) is 0 Å². The van der Waals surface area contributed by atoms with Crippen molar-refractivity contribution in [2.75, 3.05) is 9.80 Å². The highest BCUT2D eigenvalue weighted by Gasteiger charge is 2.27. The van der Waals surface area contributed by atoms with Crippen LogP contribution in [-0.2, 0) is 0 Å². The molecule has 0 aliphatic rings. The quantitative estimate of drug-likeness (QED) is 0.128. The maximum absolute atomic E-state index is 11.9. The van der Waals surface area contributed by atoms with Gasteiger partial charge < -0.3 is 28.1 Å². The Morgan fingerprint density at radius 1 is 0.273 bits per heavy atom. The lowest BCUT2D eigenvalue weighted by molar-refractivity contribution is 1.14. The summed E-state index contributed by atoms with van der Waals surface area (Å²) in [6, 6.07) is 109. The van der Waals surface area contributed by atoms with Gasteiger partial charge in [-0.15, -0.1) is 0 Å². The zero-order valence-electron chi connectivity index (χ0n) is 47.4. The molecule has 88 heavy (non-hydrogen) atoms. The number of hydrogen-bond donors (Lipinski definition) is 0. The summed E-state index contributed by atoms with van der Waals surface area (Å²) in [7, 11) is 0. The number of rotatable bonds is 10. The fourth-order valence-corrected chi connectivity index (χ4v) is 13.8. The molecule has 0 saturated heterocycles. The van der Waals surface area contributed by atoms with Crippen LogP contribution in [0.15, 0.2) is 303 Å². The summed E-state index contributed by atoms with van der Waals surface area (Å²) in [5, 5.41) is 20.4. The van der Waals surface area contributed by atoms with Gasteiger partial charge in [0.2, 0.25) is 5.69 Å². The average Bonchev–Trinajstić information content (AvgIpc) is 1.64. The molecule has 0 aliphatic heterocycles. The van der Waals surface area contributed by atoms with E-state index in [2.05, 4.69) is 306 Å². The van der Waals surface area contributed by atoms with Crippen molar-refractivity contribution >= 4 is 127 Å². The van der Waals surface area contributed by atoms with E-state index in [1.807, 2.05) is 36.4 Å². The number of aromatic nitrogens is 4. The van der Waals surface area contributed by atoms with Gasteiger partial charge in [-0.3, -0.25) is 0 Å². The number of nitriles is 1. The van der Waals surface area contributed by atoms with Crippen molar-refractivity contribution in [3.05, 3.63) is 320 Å². The second-order valence-electron chi connectivity index (χ2n) is 22.3. The van der Waals surface area contributed by atoms with Gasteiger partial charge in [0.1, 0.15) is 6.07 Å². The summed E-state index contributed by atoms with van der Waals surface area (Å²) in [5.74, 6) is 0. The Morgan fingerprint density at radius 2 is 0.591 bits per heavy atom. The molecule has 0 spiro atoms. The molecule has 0 radical (unpaired) electrons. The number of para-hydroxylation sites is 8. The number of anilines is 6. The summed E-state index contributed by atoms with van der Waals surface area (Å²) < 4.78 is 9.17. The molecule has 410 valence electrons. The second kappa shape index (κ2) is 20.2. The first-order valence-corrected chi connectivity index (χ1v) is 29.5. The summed E-state index contributed by atoms with van der Waals surface area (Å²) in [6.07, 6.45) is 0. The Kier molecular flexibility index (Phi) is 11.5. The molecule has 0 bridgehead atoms. The Labute approximate surface area is 506 Å². The predicted octanol–water partition coefficient (Wildman–Crippen LogP) is 21.4. The highest BCUT2D eigenvalue weighted by atomic mass is 15.2. The Morgan fingerprint density at radius 3 is 0.966 bits per heavy atom. The molecular weight excluding hydrogens is 1070 g/mol. The van der Waals surface area contributed by atoms with Gasteiger partial charge in [0.15, 0.2) is 0 Å². The first kappa shape index (κ1) is 50.2. The van der Waals surface area contributed by atoms with Crippen LogP contribution in [0.2, 0.25) is 0 Å². The van der Waals surface area contributed by atoms with Crippen LogP contribution in [0.4, 0.5) is 39.8 Å². The average molecular weight is 1120 g/mol. The summed E-state index contributed by atoms with van der Waals surface area (Å²) >= 11 is 0. The fraction of sp³-hybridized carbons (Fsp3) is 0. The van der Waals surface area contributed by atoms with E-state index < -0.39 is 0 Å². The van der Waals surface area contributed by atoms with Gasteiger partial charge in [0.25, 0.3) is 0 Å². The van der Waals surface area contributed by atoms with E-state index in [9.17, 15) is 11.8 Å². The van der Waals surface area contributed by atoms with Crippen LogP contribution in [0.1, 0.15) is 5.56 Å². The molecule has 17 aromatic rings. The molecule has 8 heteroatoms. The monoisotopic (exact) mass is 1120 g/mol. The van der Waals surface area contributed by atoms with Crippen molar-refractivity contribution < 1.29 is 0 Å². The number of nitrogens with zero attached hydrogens (tertiary/aromatic N) is 8. The second-order valence-corrected chi connectivity index (χ2v) is 22.3. The number of hydrogen-bond acceptors (Lipinski definition) is 3. The predicted molar refractivity (Wildman–Crippen MR) is 364 cm³/mol. The molecule has 0 amide bonds. The van der Waals surface area contributed by atoms with Crippen LogP contribution >= 0.6 is 0 Å². The normalized spacial score (nSPS) is 11.6. The van der Waals surface area contributed by atoms with Gasteiger partial charge in [0, 0.05) is 88.6 Å². The zero-order valence-corrected chi connectivity index (χ0v) is 47.4. The molecule has 0 fully saturated rings. The van der Waals surface area contributed by atoms with Crippen LogP contribution in [0.3, 0.4) is 0 Å². The first-order chi connectivity index (χ1) is 43.6. The van der Waals surface area contributed by atoms with E-state index in [0.717, 1.165) is 133 Å². The van der Waals surface area contributed by atoms with Crippen molar-refractivity contribution in [2.45, 2.75) is 0 Å². The first-order valence-electron chi connectivity index (χ1n) is 29.5. The highest BCUT2D eigenvalue weighted by molar-refractivity contribution is 6.21. The Bertz CT molecular complexity index is 5260. The molecule has 0 saturated carbocycles. The van der Waals surface area contributed by atoms with Crippen LogP contribution < -0.4 is 9.80 Å². The van der Waals surface area contributed by atoms with Crippen molar-refractivity contribution in [3.63, 3.8) is 0 Å². The standard InChI is InChI=1S/C80H50N8/c1-82-70-51-73(87-74-45-60(83(54-24-8-2-9-25-54)55-26-10-3-11-27-55)40-42-64(74)68-47-76-66(49-78(68)87)62-36-20-22-38-71(62)85(76)58-32-16-6-17-33-58)53(52-81)44-80(70)88-75-46-61(84(56-28-12-4-13-29-56)57-30-14-5-15-31-57)41-43-65(75)69-48-77-67(50-79(69)88)63-37-21-23-39-72(63)86(77)59-34-18-7-19-35-59/h2-51H. The third-order valence-corrected chi connectivity index (χ3v) is 17.5. The van der Waals surface area contributed by atoms with Gasteiger partial charge in [0.05, 0.1) is 67.6 Å². The summed E-state index contributed by atoms with van der Waals surface area (Å²) in [4.78, 5) is 9.03. The molecule has 0 aliphatic carbocycles. The van der Waals surface area contributed by atoms with E-state index >= 15 is 0 Å². The molecule has 8 nitrogen and oxygen atoms in total. The van der Waals surface area contributed by atoms with Gasteiger partial charge in [-0.25, -0.2) is 4.85 Å². The number of benzene rings is 13. The van der Waals surface area contributed by atoms with Gasteiger partial charge in [-0.1, -0.05) is 158 Å². The molecule has 4 heterocycles. The van der Waals surface area contributed by atoms with Gasteiger partial charge in [-0.05, 0) is 146 Å². The third kappa shape index (κ3) is 7.77. The molecule has 13 aromatic carbocycles. The summed E-state index contributed by atoms with van der Waals surface area (Å²) in [5.41, 5.74) is 18.1. The van der Waals surface area contributed by atoms with Crippen molar-refractivity contribution in [2.24, 2.45) is 0 Å². The van der Waals surface area contributed by atoms with Crippen LogP contribution in [0.25, 0.3) is 115 Å². The lowest BCUT2D eigenvalue weighted by atomic mass is 10.1. The highest BCUT2D eigenvalue weighted by Crippen LogP contribution is 2.48. The molecular formula is C80H50N8. The molecule has 0 N–H and O–H groups in total. The minimum atomic E-state index is 0.399. The molecule has 0 unspecified atom stereocenters. The zero-order chi connectivity index (χ0) is 58.4. The molecule has 17 rings (SSSR count). The van der Waals surface area contributed by atoms with Crippen molar-refractivity contribution in [1.29, 1.82) is 5.26 Å². The minimum Gasteiger partial charge on any atom is -0.319 e.